The molecular formula is C36H33NO7. The number of Topliss-reactive ketones (excluding diaryl/α,β-unsaturated/α-hetero) is 1. The zero-order valence-electron chi connectivity index (χ0n) is 24.5. The fraction of sp³-hybridized carbons (Fsp3) is 0.222. The largest absolute Gasteiger partial charge is 0.459 e. The average Bonchev–Trinajstić information content (AvgIpc) is 3.37. The summed E-state index contributed by atoms with van der Waals surface area (Å²) in [5.41, 5.74) is 5.82. The van der Waals surface area contributed by atoms with Crippen LogP contribution in [0, 0.1) is 5.92 Å². The van der Waals surface area contributed by atoms with Crippen LogP contribution in [-0.4, -0.2) is 43.1 Å². The van der Waals surface area contributed by atoms with Gasteiger partial charge in [0, 0.05) is 11.5 Å². The second kappa shape index (κ2) is 13.8. The molecule has 8 nitrogen and oxygen atoms in total. The van der Waals surface area contributed by atoms with Crippen LogP contribution in [0.5, 0.6) is 0 Å². The number of nitrogens with one attached hydrogen (secondary N) is 1. The lowest BCUT2D eigenvalue weighted by atomic mass is 9.98. The highest BCUT2D eigenvalue weighted by molar-refractivity contribution is 5.99. The maximum atomic E-state index is 12.9. The first-order valence-electron chi connectivity index (χ1n) is 14.4. The molecule has 0 aliphatic heterocycles. The van der Waals surface area contributed by atoms with E-state index in [0.717, 1.165) is 22.3 Å². The standard InChI is InChI=1S/C36H33NO7/c1-23(2)33(37-36(41)44-21-31-29-14-8-6-12-27(29)28-13-7-9-15-30(28)31)35(40)42-20-24-16-18-26(19-17-24)34(39)43-22-32(38)25-10-4-3-5-11-25/h3-19,23,31,33H,20-22H2,1-2H3,(H,37,41)/t33-/m0/s1. The van der Waals surface area contributed by atoms with E-state index in [9.17, 15) is 19.2 Å². The molecule has 1 aliphatic carbocycles. The summed E-state index contributed by atoms with van der Waals surface area (Å²) in [6, 6.07) is 30.1. The Bertz CT molecular complexity index is 1600. The van der Waals surface area contributed by atoms with Crippen molar-refractivity contribution in [1.29, 1.82) is 0 Å². The highest BCUT2D eigenvalue weighted by atomic mass is 16.6. The van der Waals surface area contributed by atoms with E-state index in [1.165, 1.54) is 12.1 Å². The maximum Gasteiger partial charge on any atom is 0.407 e. The van der Waals surface area contributed by atoms with Gasteiger partial charge in [0.05, 0.1) is 5.56 Å². The number of ketones is 1. The molecule has 0 saturated carbocycles. The van der Waals surface area contributed by atoms with Gasteiger partial charge < -0.3 is 19.5 Å². The molecular weight excluding hydrogens is 558 g/mol. The fourth-order valence-electron chi connectivity index (χ4n) is 5.17. The van der Waals surface area contributed by atoms with E-state index in [1.807, 2.05) is 36.4 Å². The van der Waals surface area contributed by atoms with Gasteiger partial charge >= 0.3 is 18.0 Å². The van der Waals surface area contributed by atoms with Gasteiger partial charge in [-0.2, -0.15) is 0 Å². The molecule has 1 amide bonds. The van der Waals surface area contributed by atoms with E-state index < -0.39 is 24.1 Å². The molecule has 0 fully saturated rings. The summed E-state index contributed by atoms with van der Waals surface area (Å²) in [6.45, 7) is 3.32. The van der Waals surface area contributed by atoms with Crippen molar-refractivity contribution in [2.45, 2.75) is 32.4 Å². The van der Waals surface area contributed by atoms with Gasteiger partial charge in [0.1, 0.15) is 19.3 Å². The number of ether oxygens (including phenoxy) is 3. The maximum absolute atomic E-state index is 12.9. The van der Waals surface area contributed by atoms with Gasteiger partial charge in [-0.05, 0) is 45.9 Å². The fourth-order valence-corrected chi connectivity index (χ4v) is 5.17. The third-order valence-corrected chi connectivity index (χ3v) is 7.54. The third-order valence-electron chi connectivity index (χ3n) is 7.54. The molecule has 8 heteroatoms. The lowest BCUT2D eigenvalue weighted by Gasteiger charge is -2.21. The number of hydrogen-bond donors (Lipinski definition) is 1. The molecule has 1 atom stereocenters. The van der Waals surface area contributed by atoms with Gasteiger partial charge in [0.2, 0.25) is 0 Å². The summed E-state index contributed by atoms with van der Waals surface area (Å²) in [5.74, 6) is -1.88. The van der Waals surface area contributed by atoms with Crippen LogP contribution in [0.3, 0.4) is 0 Å². The number of alkyl carbamates (subject to hydrolysis) is 1. The molecule has 44 heavy (non-hydrogen) atoms. The van der Waals surface area contributed by atoms with Gasteiger partial charge in [0.25, 0.3) is 0 Å². The summed E-state index contributed by atoms with van der Waals surface area (Å²) in [4.78, 5) is 50.3. The second-order valence-electron chi connectivity index (χ2n) is 10.9. The number of hydrogen-bond acceptors (Lipinski definition) is 7. The molecule has 0 radical (unpaired) electrons. The number of esters is 2. The van der Waals surface area contributed by atoms with Crippen molar-refractivity contribution in [2.24, 2.45) is 5.92 Å². The molecule has 4 aromatic rings. The summed E-state index contributed by atoms with van der Waals surface area (Å²) >= 11 is 0. The SMILES string of the molecule is CC(C)[C@H](NC(=O)OCC1c2ccccc2-c2ccccc21)C(=O)OCc1ccc(C(=O)OCC(=O)c2ccccc2)cc1. The van der Waals surface area contributed by atoms with Crippen LogP contribution in [-0.2, 0) is 25.6 Å². The normalized spacial score (nSPS) is 12.5. The van der Waals surface area contributed by atoms with Crippen molar-refractivity contribution in [3.63, 3.8) is 0 Å². The quantitative estimate of drug-likeness (QED) is 0.123. The lowest BCUT2D eigenvalue weighted by molar-refractivity contribution is -0.148. The molecule has 0 unspecified atom stereocenters. The zero-order chi connectivity index (χ0) is 31.1. The van der Waals surface area contributed by atoms with Crippen LogP contribution in [0.2, 0.25) is 0 Å². The minimum absolute atomic E-state index is 0.0593. The molecule has 224 valence electrons. The number of carbonyl (C=O) groups is 4. The van der Waals surface area contributed by atoms with Crippen molar-refractivity contribution in [2.75, 3.05) is 13.2 Å². The molecule has 5 rings (SSSR count). The van der Waals surface area contributed by atoms with Crippen molar-refractivity contribution in [3.8, 4) is 11.1 Å². The number of benzene rings is 4. The van der Waals surface area contributed by atoms with Crippen molar-refractivity contribution < 1.29 is 33.4 Å². The van der Waals surface area contributed by atoms with E-state index in [-0.39, 0.29) is 43.0 Å². The van der Waals surface area contributed by atoms with Gasteiger partial charge in [-0.15, -0.1) is 0 Å². The first-order valence-corrected chi connectivity index (χ1v) is 14.4. The smallest absolute Gasteiger partial charge is 0.407 e. The van der Waals surface area contributed by atoms with Crippen LogP contribution in [0.4, 0.5) is 4.79 Å². The van der Waals surface area contributed by atoms with Crippen LogP contribution in [0.15, 0.2) is 103 Å². The summed E-state index contributed by atoms with van der Waals surface area (Å²) in [5, 5.41) is 2.66. The Balaban J connectivity index is 1.10. The minimum Gasteiger partial charge on any atom is -0.459 e. The number of rotatable bonds is 11. The first kappa shape index (κ1) is 30.2. The van der Waals surface area contributed by atoms with E-state index in [4.69, 9.17) is 14.2 Å². The minimum atomic E-state index is -0.915. The Kier molecular flexibility index (Phi) is 9.49. The van der Waals surface area contributed by atoms with E-state index in [2.05, 4.69) is 17.4 Å². The Hall–Kier alpha value is -5.24. The summed E-state index contributed by atoms with van der Waals surface area (Å²) in [7, 11) is 0. The van der Waals surface area contributed by atoms with E-state index in [0.29, 0.717) is 11.1 Å². The van der Waals surface area contributed by atoms with Crippen molar-refractivity contribution >= 4 is 23.8 Å². The summed E-state index contributed by atoms with van der Waals surface area (Å²) in [6.07, 6.45) is -0.698. The highest BCUT2D eigenvalue weighted by Crippen LogP contribution is 2.44. The molecule has 1 N–H and O–H groups in total. The molecule has 0 saturated heterocycles. The molecule has 0 bridgehead atoms. The Morgan fingerprint density at radius 3 is 1.89 bits per heavy atom. The molecule has 0 heterocycles. The summed E-state index contributed by atoms with van der Waals surface area (Å²) < 4.78 is 16.2. The highest BCUT2D eigenvalue weighted by Gasteiger charge is 2.31. The van der Waals surface area contributed by atoms with Gasteiger partial charge in [-0.1, -0.05) is 105 Å². The molecule has 4 aromatic carbocycles. The molecule has 1 aliphatic rings. The predicted molar refractivity (Wildman–Crippen MR) is 164 cm³/mol. The van der Waals surface area contributed by atoms with E-state index >= 15 is 0 Å². The molecule has 0 spiro atoms. The third kappa shape index (κ3) is 7.03. The van der Waals surface area contributed by atoms with Gasteiger partial charge in [0.15, 0.2) is 12.4 Å². The zero-order valence-corrected chi connectivity index (χ0v) is 24.5. The molecule has 0 aromatic heterocycles. The topological polar surface area (TPSA) is 108 Å². The van der Waals surface area contributed by atoms with Crippen molar-refractivity contribution in [3.05, 3.63) is 131 Å². The Morgan fingerprint density at radius 1 is 0.682 bits per heavy atom. The number of amides is 1. The van der Waals surface area contributed by atoms with E-state index in [1.54, 1.807) is 56.3 Å². The number of carbonyl (C=O) groups excluding carboxylic acids is 4. The van der Waals surface area contributed by atoms with Gasteiger partial charge in [-0.25, -0.2) is 14.4 Å². The van der Waals surface area contributed by atoms with Crippen LogP contribution in [0.1, 0.15) is 57.2 Å². The Morgan fingerprint density at radius 2 is 1.27 bits per heavy atom. The average molecular weight is 592 g/mol. The monoisotopic (exact) mass is 591 g/mol. The van der Waals surface area contributed by atoms with Crippen LogP contribution in [0.25, 0.3) is 11.1 Å². The van der Waals surface area contributed by atoms with Crippen molar-refractivity contribution in [1.82, 2.24) is 5.32 Å². The van der Waals surface area contributed by atoms with Crippen LogP contribution < -0.4 is 5.32 Å². The predicted octanol–water partition coefficient (Wildman–Crippen LogP) is 6.33. The van der Waals surface area contributed by atoms with Crippen LogP contribution >= 0.6 is 0 Å². The Labute approximate surface area is 256 Å². The lowest BCUT2D eigenvalue weighted by Crippen LogP contribution is -2.45. The first-order chi connectivity index (χ1) is 21.3. The second-order valence-corrected chi connectivity index (χ2v) is 10.9. The van der Waals surface area contributed by atoms with Gasteiger partial charge in [-0.3, -0.25) is 4.79 Å². The number of fused-ring (bicyclic) bond motifs is 3.